The van der Waals surface area contributed by atoms with E-state index in [9.17, 15) is 13.2 Å². The van der Waals surface area contributed by atoms with Gasteiger partial charge in [-0.3, -0.25) is 4.98 Å². The summed E-state index contributed by atoms with van der Waals surface area (Å²) in [6.07, 6.45) is 0.132. The molecule has 18 heavy (non-hydrogen) atoms. The van der Waals surface area contributed by atoms with Crippen LogP contribution in [0.4, 0.5) is 13.2 Å². The first-order valence-electron chi connectivity index (χ1n) is 5.26. The number of aromatic nitrogens is 1. The lowest BCUT2D eigenvalue weighted by molar-refractivity contribution is -0.137. The molecule has 1 nitrogen and oxygen atoms in total. The molecule has 92 valence electrons. The van der Waals surface area contributed by atoms with Crippen LogP contribution < -0.4 is 0 Å². The molecule has 0 aliphatic heterocycles. The fraction of sp³-hybridized carbons (Fsp3) is 0.0714. The van der Waals surface area contributed by atoms with Gasteiger partial charge in [-0.15, -0.1) is 0 Å². The van der Waals surface area contributed by atoms with Crippen molar-refractivity contribution in [3.63, 3.8) is 0 Å². The van der Waals surface area contributed by atoms with Crippen molar-refractivity contribution in [3.05, 3.63) is 60.4 Å². The SMILES string of the molecule is C=Cc1cc(-c2ccncc2)cc(C(F)(F)F)c1. The average Bonchev–Trinajstić information content (AvgIpc) is 2.38. The Hall–Kier alpha value is -2.10. The second-order valence-corrected chi connectivity index (χ2v) is 3.78. The van der Waals surface area contributed by atoms with Crippen LogP contribution in [-0.4, -0.2) is 4.98 Å². The van der Waals surface area contributed by atoms with E-state index in [0.29, 0.717) is 16.7 Å². The van der Waals surface area contributed by atoms with E-state index in [-0.39, 0.29) is 0 Å². The van der Waals surface area contributed by atoms with Gasteiger partial charge in [0.1, 0.15) is 0 Å². The molecular weight excluding hydrogens is 239 g/mol. The molecule has 0 spiro atoms. The van der Waals surface area contributed by atoms with E-state index >= 15 is 0 Å². The minimum Gasteiger partial charge on any atom is -0.265 e. The lowest BCUT2D eigenvalue weighted by Gasteiger charge is -2.10. The molecule has 2 aromatic rings. The number of alkyl halides is 3. The summed E-state index contributed by atoms with van der Waals surface area (Å²) in [6.45, 7) is 3.51. The van der Waals surface area contributed by atoms with Gasteiger partial charge in [0.05, 0.1) is 5.56 Å². The Balaban J connectivity index is 2.58. The highest BCUT2D eigenvalue weighted by molar-refractivity contribution is 5.68. The lowest BCUT2D eigenvalue weighted by atomic mass is 10.0. The molecule has 1 aromatic carbocycles. The van der Waals surface area contributed by atoms with Crippen LogP contribution in [0.1, 0.15) is 11.1 Å². The summed E-state index contributed by atoms with van der Waals surface area (Å²) in [5.74, 6) is 0. The van der Waals surface area contributed by atoms with Gasteiger partial charge in [-0.1, -0.05) is 12.7 Å². The predicted molar refractivity (Wildman–Crippen MR) is 64.8 cm³/mol. The maximum atomic E-state index is 12.8. The van der Waals surface area contributed by atoms with Crippen LogP contribution in [-0.2, 0) is 6.18 Å². The van der Waals surface area contributed by atoms with Crippen molar-refractivity contribution in [3.8, 4) is 11.1 Å². The first-order chi connectivity index (χ1) is 8.50. The standard InChI is InChI=1S/C14H10F3N/c1-2-10-7-12(11-3-5-18-6-4-11)9-13(8-10)14(15,16)17/h2-9H,1H2. The minimum absolute atomic E-state index is 0.441. The van der Waals surface area contributed by atoms with E-state index in [1.807, 2.05) is 0 Å². The Morgan fingerprint density at radius 2 is 1.67 bits per heavy atom. The zero-order chi connectivity index (χ0) is 13.2. The Morgan fingerprint density at radius 3 is 2.22 bits per heavy atom. The Bertz CT molecular complexity index is 559. The number of nitrogens with zero attached hydrogens (tertiary/aromatic N) is 1. The van der Waals surface area contributed by atoms with Crippen LogP contribution in [0, 0.1) is 0 Å². The molecule has 0 aliphatic rings. The zero-order valence-corrected chi connectivity index (χ0v) is 9.41. The molecule has 0 bridgehead atoms. The number of rotatable bonds is 2. The smallest absolute Gasteiger partial charge is 0.265 e. The molecule has 0 amide bonds. The van der Waals surface area contributed by atoms with Crippen LogP contribution in [0.25, 0.3) is 17.2 Å². The van der Waals surface area contributed by atoms with E-state index in [1.54, 1.807) is 30.6 Å². The Labute approximate surface area is 103 Å². The number of halogens is 3. The highest BCUT2D eigenvalue weighted by Gasteiger charge is 2.31. The van der Waals surface area contributed by atoms with Gasteiger partial charge in [0.15, 0.2) is 0 Å². The summed E-state index contributed by atoms with van der Waals surface area (Å²) < 4.78 is 38.3. The van der Waals surface area contributed by atoms with Gasteiger partial charge in [-0.05, 0) is 47.0 Å². The van der Waals surface area contributed by atoms with Crippen molar-refractivity contribution in [1.29, 1.82) is 0 Å². The Kier molecular flexibility index (Phi) is 3.19. The molecular formula is C14H10F3N. The zero-order valence-electron chi connectivity index (χ0n) is 9.41. The van der Waals surface area contributed by atoms with Crippen molar-refractivity contribution >= 4 is 6.08 Å². The van der Waals surface area contributed by atoms with E-state index in [1.165, 1.54) is 6.08 Å². The number of benzene rings is 1. The molecule has 0 saturated carbocycles. The van der Waals surface area contributed by atoms with Gasteiger partial charge in [-0.2, -0.15) is 13.2 Å². The van der Waals surface area contributed by atoms with Gasteiger partial charge >= 0.3 is 6.18 Å². The van der Waals surface area contributed by atoms with E-state index in [0.717, 1.165) is 12.1 Å². The fourth-order valence-corrected chi connectivity index (χ4v) is 1.64. The number of hydrogen-bond acceptors (Lipinski definition) is 1. The quantitative estimate of drug-likeness (QED) is 0.768. The van der Waals surface area contributed by atoms with Crippen molar-refractivity contribution in [2.24, 2.45) is 0 Å². The third-order valence-corrected chi connectivity index (χ3v) is 2.53. The molecule has 0 aliphatic carbocycles. The van der Waals surface area contributed by atoms with E-state index in [2.05, 4.69) is 11.6 Å². The topological polar surface area (TPSA) is 12.9 Å². The second-order valence-electron chi connectivity index (χ2n) is 3.78. The third kappa shape index (κ3) is 2.59. The first-order valence-corrected chi connectivity index (χ1v) is 5.26. The summed E-state index contributed by atoms with van der Waals surface area (Å²) in [5.41, 5.74) is 0.963. The van der Waals surface area contributed by atoms with Crippen molar-refractivity contribution in [1.82, 2.24) is 4.98 Å². The van der Waals surface area contributed by atoms with Gasteiger partial charge < -0.3 is 0 Å². The lowest BCUT2D eigenvalue weighted by Crippen LogP contribution is -2.05. The van der Waals surface area contributed by atoms with Gasteiger partial charge in [-0.25, -0.2) is 0 Å². The second kappa shape index (κ2) is 4.64. The summed E-state index contributed by atoms with van der Waals surface area (Å²) in [6, 6.07) is 7.21. The number of hydrogen-bond donors (Lipinski definition) is 0. The molecule has 0 radical (unpaired) electrons. The summed E-state index contributed by atoms with van der Waals surface area (Å²) in [4.78, 5) is 3.84. The Morgan fingerprint density at radius 1 is 1.00 bits per heavy atom. The molecule has 0 fully saturated rings. The molecule has 0 atom stereocenters. The maximum Gasteiger partial charge on any atom is 0.416 e. The molecule has 0 unspecified atom stereocenters. The first kappa shape index (κ1) is 12.4. The van der Waals surface area contributed by atoms with Crippen molar-refractivity contribution in [2.75, 3.05) is 0 Å². The predicted octanol–water partition coefficient (Wildman–Crippen LogP) is 4.41. The van der Waals surface area contributed by atoms with Crippen LogP contribution in [0.2, 0.25) is 0 Å². The number of pyridine rings is 1. The summed E-state index contributed by atoms with van der Waals surface area (Å²) in [5, 5.41) is 0. The molecule has 0 saturated heterocycles. The highest BCUT2D eigenvalue weighted by Crippen LogP contribution is 2.33. The molecule has 0 N–H and O–H groups in total. The van der Waals surface area contributed by atoms with Gasteiger partial charge in [0.25, 0.3) is 0 Å². The van der Waals surface area contributed by atoms with Crippen molar-refractivity contribution in [2.45, 2.75) is 6.18 Å². The highest BCUT2D eigenvalue weighted by atomic mass is 19.4. The third-order valence-electron chi connectivity index (χ3n) is 2.53. The molecule has 1 aromatic heterocycles. The van der Waals surface area contributed by atoms with Crippen molar-refractivity contribution < 1.29 is 13.2 Å². The monoisotopic (exact) mass is 249 g/mol. The fourth-order valence-electron chi connectivity index (χ4n) is 1.64. The average molecular weight is 249 g/mol. The van der Waals surface area contributed by atoms with Crippen LogP contribution in [0.5, 0.6) is 0 Å². The largest absolute Gasteiger partial charge is 0.416 e. The molecule has 4 heteroatoms. The van der Waals surface area contributed by atoms with Crippen LogP contribution >= 0.6 is 0 Å². The van der Waals surface area contributed by atoms with E-state index < -0.39 is 11.7 Å². The van der Waals surface area contributed by atoms with Crippen LogP contribution in [0.15, 0.2) is 49.3 Å². The van der Waals surface area contributed by atoms with Gasteiger partial charge in [0, 0.05) is 12.4 Å². The molecule has 1 heterocycles. The summed E-state index contributed by atoms with van der Waals surface area (Å²) in [7, 11) is 0. The van der Waals surface area contributed by atoms with Crippen LogP contribution in [0.3, 0.4) is 0 Å². The van der Waals surface area contributed by atoms with E-state index in [4.69, 9.17) is 0 Å². The molecule has 2 rings (SSSR count). The maximum absolute atomic E-state index is 12.8. The summed E-state index contributed by atoms with van der Waals surface area (Å²) >= 11 is 0. The normalized spacial score (nSPS) is 11.3. The minimum atomic E-state index is -4.36. The van der Waals surface area contributed by atoms with Gasteiger partial charge in [0.2, 0.25) is 0 Å².